The third-order valence-corrected chi connectivity index (χ3v) is 4.12. The van der Waals surface area contributed by atoms with Crippen molar-refractivity contribution >= 4 is 21.7 Å². The van der Waals surface area contributed by atoms with Crippen molar-refractivity contribution in [2.24, 2.45) is 5.73 Å². The van der Waals surface area contributed by atoms with E-state index in [2.05, 4.69) is 55.1 Å². The molecule has 2 aromatic rings. The van der Waals surface area contributed by atoms with Gasteiger partial charge in [0, 0.05) is 19.3 Å². The van der Waals surface area contributed by atoms with Crippen molar-refractivity contribution in [2.45, 2.75) is 12.5 Å². The van der Waals surface area contributed by atoms with Crippen molar-refractivity contribution in [1.29, 1.82) is 0 Å². The molecule has 98 valence electrons. The molecule has 1 aliphatic heterocycles. The van der Waals surface area contributed by atoms with Crippen LogP contribution in [-0.2, 0) is 6.42 Å². The minimum atomic E-state index is 0.177. The second-order valence-electron chi connectivity index (χ2n) is 4.59. The van der Waals surface area contributed by atoms with E-state index >= 15 is 0 Å². The van der Waals surface area contributed by atoms with E-state index in [1.165, 1.54) is 11.1 Å². The maximum Gasteiger partial charge on any atom is 0.146 e. The van der Waals surface area contributed by atoms with Crippen LogP contribution in [0.1, 0.15) is 17.2 Å². The lowest BCUT2D eigenvalue weighted by molar-refractivity contribution is 0.582. The Kier molecular flexibility index (Phi) is 3.48. The van der Waals surface area contributed by atoms with Gasteiger partial charge in [0.25, 0.3) is 0 Å². The number of anilines is 1. The van der Waals surface area contributed by atoms with Gasteiger partial charge in [0.15, 0.2) is 0 Å². The Bertz CT molecular complexity index is 587. The molecule has 0 saturated carbocycles. The summed E-state index contributed by atoms with van der Waals surface area (Å²) in [4.78, 5) is 10.7. The fourth-order valence-electron chi connectivity index (χ4n) is 2.68. The van der Waals surface area contributed by atoms with Crippen LogP contribution in [0.25, 0.3) is 0 Å². The second-order valence-corrected chi connectivity index (χ2v) is 5.44. The average molecular weight is 319 g/mol. The van der Waals surface area contributed by atoms with Gasteiger partial charge in [0.1, 0.15) is 12.1 Å². The highest BCUT2D eigenvalue weighted by atomic mass is 79.9. The summed E-state index contributed by atoms with van der Waals surface area (Å²) >= 11 is 3.52. The molecule has 1 aromatic heterocycles. The number of nitrogens with zero attached hydrogens (tertiary/aromatic N) is 3. The van der Waals surface area contributed by atoms with Gasteiger partial charge in [0.2, 0.25) is 0 Å². The molecule has 0 radical (unpaired) electrons. The van der Waals surface area contributed by atoms with Crippen molar-refractivity contribution in [3.8, 4) is 0 Å². The summed E-state index contributed by atoms with van der Waals surface area (Å²) in [6.45, 7) is 1.50. The maximum absolute atomic E-state index is 6.00. The first kappa shape index (κ1) is 12.6. The zero-order valence-electron chi connectivity index (χ0n) is 10.5. The Labute approximate surface area is 120 Å². The van der Waals surface area contributed by atoms with Gasteiger partial charge in [-0.3, -0.25) is 0 Å². The lowest BCUT2D eigenvalue weighted by atomic mass is 9.92. The standard InChI is InChI=1S/C14H15BrN4/c15-12-8-17-9-18-14(12)19-6-5-10-3-1-2-4-11(10)13(19)7-16/h1-4,8-9,13H,5-7,16H2. The van der Waals surface area contributed by atoms with Crippen LogP contribution in [0.3, 0.4) is 0 Å². The third-order valence-electron chi connectivity index (χ3n) is 3.56. The van der Waals surface area contributed by atoms with Gasteiger partial charge in [-0.05, 0) is 33.5 Å². The monoisotopic (exact) mass is 318 g/mol. The zero-order chi connectivity index (χ0) is 13.2. The minimum Gasteiger partial charge on any atom is -0.347 e. The fraction of sp³-hybridized carbons (Fsp3) is 0.286. The molecule has 0 aliphatic carbocycles. The molecule has 2 heterocycles. The number of aromatic nitrogens is 2. The Morgan fingerprint density at radius 2 is 2.21 bits per heavy atom. The van der Waals surface area contributed by atoms with Gasteiger partial charge in [-0.15, -0.1) is 0 Å². The van der Waals surface area contributed by atoms with Gasteiger partial charge >= 0.3 is 0 Å². The van der Waals surface area contributed by atoms with Crippen LogP contribution in [-0.4, -0.2) is 23.1 Å². The van der Waals surface area contributed by atoms with Crippen molar-refractivity contribution < 1.29 is 0 Å². The summed E-state index contributed by atoms with van der Waals surface area (Å²) in [5.74, 6) is 0.917. The van der Waals surface area contributed by atoms with Gasteiger partial charge in [-0.2, -0.15) is 0 Å². The normalized spacial score (nSPS) is 18.2. The molecule has 1 atom stereocenters. The first-order chi connectivity index (χ1) is 9.31. The fourth-order valence-corrected chi connectivity index (χ4v) is 3.13. The Morgan fingerprint density at radius 3 is 3.00 bits per heavy atom. The summed E-state index contributed by atoms with van der Waals surface area (Å²) in [7, 11) is 0. The second kappa shape index (κ2) is 5.27. The number of fused-ring (bicyclic) bond motifs is 1. The molecule has 1 aliphatic rings. The first-order valence-electron chi connectivity index (χ1n) is 6.31. The van der Waals surface area contributed by atoms with E-state index < -0.39 is 0 Å². The topological polar surface area (TPSA) is 55.0 Å². The van der Waals surface area contributed by atoms with Crippen LogP contribution in [0.2, 0.25) is 0 Å². The Balaban J connectivity index is 2.03. The molecule has 19 heavy (non-hydrogen) atoms. The maximum atomic E-state index is 6.00. The summed E-state index contributed by atoms with van der Waals surface area (Å²) in [5.41, 5.74) is 8.69. The van der Waals surface area contributed by atoms with Crippen LogP contribution in [0, 0.1) is 0 Å². The molecule has 0 fully saturated rings. The van der Waals surface area contributed by atoms with Gasteiger partial charge in [-0.1, -0.05) is 24.3 Å². The van der Waals surface area contributed by atoms with E-state index in [0.717, 1.165) is 23.3 Å². The van der Waals surface area contributed by atoms with Gasteiger partial charge in [-0.25, -0.2) is 9.97 Å². The summed E-state index contributed by atoms with van der Waals surface area (Å²) in [5, 5.41) is 0. The van der Waals surface area contributed by atoms with Gasteiger partial charge in [0.05, 0.1) is 10.5 Å². The van der Waals surface area contributed by atoms with Crippen molar-refractivity contribution in [1.82, 2.24) is 9.97 Å². The predicted octanol–water partition coefficient (Wildman–Crippen LogP) is 2.30. The number of hydrogen-bond donors (Lipinski definition) is 1. The van der Waals surface area contributed by atoms with Crippen LogP contribution in [0.4, 0.5) is 5.82 Å². The van der Waals surface area contributed by atoms with E-state index in [1.54, 1.807) is 12.5 Å². The SMILES string of the molecule is NCC1c2ccccc2CCN1c1ncncc1Br. The molecule has 0 spiro atoms. The van der Waals surface area contributed by atoms with E-state index in [-0.39, 0.29) is 6.04 Å². The summed E-state index contributed by atoms with van der Waals surface area (Å²) < 4.78 is 0.910. The summed E-state index contributed by atoms with van der Waals surface area (Å²) in [6, 6.07) is 8.68. The lowest BCUT2D eigenvalue weighted by Crippen LogP contribution is -2.40. The first-order valence-corrected chi connectivity index (χ1v) is 7.10. The Hall–Kier alpha value is -1.46. The molecule has 3 rings (SSSR count). The van der Waals surface area contributed by atoms with Crippen LogP contribution in [0.5, 0.6) is 0 Å². The van der Waals surface area contributed by atoms with E-state index in [9.17, 15) is 0 Å². The number of nitrogens with two attached hydrogens (primary N) is 1. The Morgan fingerprint density at radius 1 is 1.37 bits per heavy atom. The average Bonchev–Trinajstić information content (AvgIpc) is 2.46. The highest BCUT2D eigenvalue weighted by Gasteiger charge is 2.28. The smallest absolute Gasteiger partial charge is 0.146 e. The molecule has 5 heteroatoms. The van der Waals surface area contributed by atoms with Crippen LogP contribution < -0.4 is 10.6 Å². The lowest BCUT2D eigenvalue weighted by Gasteiger charge is -2.37. The highest BCUT2D eigenvalue weighted by Crippen LogP contribution is 2.34. The molecule has 1 aromatic carbocycles. The van der Waals surface area contributed by atoms with Crippen LogP contribution in [0.15, 0.2) is 41.3 Å². The largest absolute Gasteiger partial charge is 0.347 e. The molecule has 0 amide bonds. The van der Waals surface area contributed by atoms with Crippen LogP contribution >= 0.6 is 15.9 Å². The molecule has 4 nitrogen and oxygen atoms in total. The molecule has 1 unspecified atom stereocenters. The number of benzene rings is 1. The number of hydrogen-bond acceptors (Lipinski definition) is 4. The van der Waals surface area contributed by atoms with E-state index in [4.69, 9.17) is 5.73 Å². The molecule has 2 N–H and O–H groups in total. The zero-order valence-corrected chi connectivity index (χ0v) is 12.0. The molecule has 0 bridgehead atoms. The summed E-state index contributed by atoms with van der Waals surface area (Å²) in [6.07, 6.45) is 4.37. The quantitative estimate of drug-likeness (QED) is 0.923. The minimum absolute atomic E-state index is 0.177. The van der Waals surface area contributed by atoms with Crippen molar-refractivity contribution in [3.05, 3.63) is 52.4 Å². The van der Waals surface area contributed by atoms with Gasteiger partial charge < -0.3 is 10.6 Å². The van der Waals surface area contributed by atoms with E-state index in [0.29, 0.717) is 6.54 Å². The van der Waals surface area contributed by atoms with Crippen molar-refractivity contribution in [2.75, 3.05) is 18.0 Å². The van der Waals surface area contributed by atoms with E-state index in [1.807, 2.05) is 0 Å². The molecular formula is C14H15BrN4. The number of halogens is 1. The third kappa shape index (κ3) is 2.24. The predicted molar refractivity (Wildman–Crippen MR) is 79.0 cm³/mol. The molecular weight excluding hydrogens is 304 g/mol. The number of rotatable bonds is 2. The molecule has 0 saturated heterocycles. The highest BCUT2D eigenvalue weighted by molar-refractivity contribution is 9.10. The van der Waals surface area contributed by atoms with Crippen molar-refractivity contribution in [3.63, 3.8) is 0 Å².